The monoisotopic (exact) mass is 596 g/mol. The first-order valence-electron chi connectivity index (χ1n) is 14.1. The lowest BCUT2D eigenvalue weighted by Gasteiger charge is -2.35. The quantitative estimate of drug-likeness (QED) is 0.255. The molecule has 8 nitrogen and oxygen atoms in total. The van der Waals surface area contributed by atoms with Gasteiger partial charge in [-0.2, -0.15) is 18.3 Å². The van der Waals surface area contributed by atoms with Crippen LogP contribution in [0.4, 0.5) is 13.2 Å². The molecule has 0 radical (unpaired) electrons. The number of aromatic nitrogens is 3. The van der Waals surface area contributed by atoms with Crippen molar-refractivity contribution in [2.24, 2.45) is 16.0 Å². The standard InChI is InChI=1S/C29H38ClF3N5O3/c1-6-18-14-34-16-23(30)21(18)8-7-20-13-27(2,3)17-38(20,5)25(39)22-15-35-37(24(22)29(31,32)33)19-9-11-28(4,12-10-19)26(40)36-41/h14-16,19-20H,6-13,17H2,1-5H3/q+1. The van der Waals surface area contributed by atoms with Crippen LogP contribution in [0, 0.1) is 15.7 Å². The Morgan fingerprint density at radius 1 is 1.17 bits per heavy atom. The van der Waals surface area contributed by atoms with Crippen LogP contribution < -0.4 is 0 Å². The molecular formula is C29H38ClF3N5O3+. The van der Waals surface area contributed by atoms with E-state index >= 15 is 0 Å². The fraction of sp³-hybridized carbons (Fsp3) is 0.655. The van der Waals surface area contributed by atoms with Crippen LogP contribution in [0.1, 0.15) is 99.4 Å². The first-order valence-corrected chi connectivity index (χ1v) is 14.5. The highest BCUT2D eigenvalue weighted by Crippen LogP contribution is 2.46. The normalized spacial score (nSPS) is 28.0. The van der Waals surface area contributed by atoms with Crippen LogP contribution >= 0.6 is 11.6 Å². The molecule has 2 aliphatic rings. The second-order valence-corrected chi connectivity index (χ2v) is 13.3. The number of nitrogens with zero attached hydrogens (tertiary/aromatic N) is 5. The molecule has 41 heavy (non-hydrogen) atoms. The van der Waals surface area contributed by atoms with Crippen molar-refractivity contribution in [1.29, 1.82) is 0 Å². The lowest BCUT2D eigenvalue weighted by molar-refractivity contribution is -0.844. The number of carbonyl (C=O) groups is 2. The van der Waals surface area contributed by atoms with Gasteiger partial charge in [0, 0.05) is 35.8 Å². The second-order valence-electron chi connectivity index (χ2n) is 12.9. The smallest absolute Gasteiger partial charge is 0.268 e. The van der Waals surface area contributed by atoms with Crippen LogP contribution in [0.3, 0.4) is 0 Å². The van der Waals surface area contributed by atoms with Gasteiger partial charge in [0.15, 0.2) is 5.69 Å². The summed E-state index contributed by atoms with van der Waals surface area (Å²) in [5.41, 5.74) is -0.756. The van der Waals surface area contributed by atoms with Gasteiger partial charge in [-0.15, -0.1) is 4.91 Å². The third-order valence-corrected chi connectivity index (χ3v) is 9.64. The predicted molar refractivity (Wildman–Crippen MR) is 148 cm³/mol. The molecular weight excluding hydrogens is 559 g/mol. The average Bonchev–Trinajstić information content (AvgIpc) is 3.46. The van der Waals surface area contributed by atoms with Crippen molar-refractivity contribution < 1.29 is 27.2 Å². The van der Waals surface area contributed by atoms with E-state index < -0.39 is 40.7 Å². The number of hydrogen-bond donors (Lipinski definition) is 0. The molecule has 0 spiro atoms. The molecule has 2 aromatic rings. The molecule has 224 valence electrons. The topological polar surface area (TPSA) is 94.3 Å². The molecule has 3 heterocycles. The van der Waals surface area contributed by atoms with Crippen LogP contribution in [0.25, 0.3) is 0 Å². The molecule has 2 fully saturated rings. The number of pyridine rings is 1. The van der Waals surface area contributed by atoms with E-state index in [9.17, 15) is 27.7 Å². The van der Waals surface area contributed by atoms with Gasteiger partial charge >= 0.3 is 12.1 Å². The van der Waals surface area contributed by atoms with Crippen molar-refractivity contribution in [3.63, 3.8) is 0 Å². The molecule has 0 N–H and O–H groups in total. The van der Waals surface area contributed by atoms with Crippen molar-refractivity contribution in [1.82, 2.24) is 14.8 Å². The highest BCUT2D eigenvalue weighted by Gasteiger charge is 2.55. The van der Waals surface area contributed by atoms with E-state index in [4.69, 9.17) is 11.6 Å². The Morgan fingerprint density at radius 3 is 2.41 bits per heavy atom. The van der Waals surface area contributed by atoms with Crippen molar-refractivity contribution in [2.75, 3.05) is 13.6 Å². The number of nitroso groups, excluding NO2 is 1. The molecule has 2 aromatic heterocycles. The summed E-state index contributed by atoms with van der Waals surface area (Å²) in [5.74, 6) is -1.39. The molecule has 4 rings (SSSR count). The van der Waals surface area contributed by atoms with Gasteiger partial charge in [0.05, 0.1) is 42.3 Å². The maximum Gasteiger partial charge on any atom is 0.434 e. The van der Waals surface area contributed by atoms with Crippen molar-refractivity contribution in [3.05, 3.63) is 50.9 Å². The highest BCUT2D eigenvalue weighted by atomic mass is 35.5. The summed E-state index contributed by atoms with van der Waals surface area (Å²) in [5, 5.41) is 7.19. The van der Waals surface area contributed by atoms with Gasteiger partial charge in [-0.25, -0.2) is 4.79 Å². The van der Waals surface area contributed by atoms with E-state index in [-0.39, 0.29) is 41.6 Å². The van der Waals surface area contributed by atoms with Crippen molar-refractivity contribution in [3.8, 4) is 0 Å². The minimum atomic E-state index is -4.81. The Labute approximate surface area is 243 Å². The molecule has 1 saturated heterocycles. The fourth-order valence-electron chi connectivity index (χ4n) is 7.11. The van der Waals surface area contributed by atoms with Crippen LogP contribution in [-0.2, 0) is 23.8 Å². The second kappa shape index (κ2) is 11.2. The van der Waals surface area contributed by atoms with Gasteiger partial charge < -0.3 is 0 Å². The molecule has 2 atom stereocenters. The van der Waals surface area contributed by atoms with Crippen LogP contribution in [0.5, 0.6) is 0 Å². The summed E-state index contributed by atoms with van der Waals surface area (Å²) in [4.78, 5) is 41.1. The fourth-order valence-corrected chi connectivity index (χ4v) is 7.38. The van der Waals surface area contributed by atoms with Crippen LogP contribution in [0.2, 0.25) is 5.02 Å². The Balaban J connectivity index is 1.65. The molecule has 2 unspecified atom stereocenters. The summed E-state index contributed by atoms with van der Waals surface area (Å²) < 4.78 is 44.6. The largest absolute Gasteiger partial charge is 0.434 e. The molecule has 0 bridgehead atoms. The zero-order chi connectivity index (χ0) is 30.4. The molecule has 1 saturated carbocycles. The van der Waals surface area contributed by atoms with Gasteiger partial charge in [0.25, 0.3) is 5.91 Å². The van der Waals surface area contributed by atoms with E-state index in [0.29, 0.717) is 30.8 Å². The zero-order valence-electron chi connectivity index (χ0n) is 24.2. The van der Waals surface area contributed by atoms with E-state index in [0.717, 1.165) is 28.4 Å². The molecule has 0 aromatic carbocycles. The summed E-state index contributed by atoms with van der Waals surface area (Å²) in [6.07, 6.45) is 3.06. The predicted octanol–water partition coefficient (Wildman–Crippen LogP) is 6.95. The third kappa shape index (κ3) is 5.98. The van der Waals surface area contributed by atoms with Gasteiger partial charge in [-0.1, -0.05) is 39.3 Å². The van der Waals surface area contributed by atoms with Gasteiger partial charge in [0.2, 0.25) is 0 Å². The van der Waals surface area contributed by atoms with Gasteiger partial charge in [0.1, 0.15) is 5.56 Å². The summed E-state index contributed by atoms with van der Waals surface area (Å²) in [7, 11) is 1.73. The highest BCUT2D eigenvalue weighted by molar-refractivity contribution is 6.31. The molecule has 2 amide bonds. The van der Waals surface area contributed by atoms with E-state index in [1.54, 1.807) is 26.4 Å². The van der Waals surface area contributed by atoms with Crippen LogP contribution in [-0.4, -0.2) is 50.7 Å². The van der Waals surface area contributed by atoms with Gasteiger partial charge in [-0.05, 0) is 49.7 Å². The molecule has 12 heteroatoms. The number of likely N-dealkylation sites (tertiary alicyclic amines) is 1. The summed E-state index contributed by atoms with van der Waals surface area (Å²) in [6, 6.07) is -0.869. The Morgan fingerprint density at radius 2 is 1.83 bits per heavy atom. The number of alkyl halides is 3. The first-order chi connectivity index (χ1) is 19.1. The third-order valence-electron chi connectivity index (χ3n) is 9.32. The number of halogens is 4. The maximum absolute atomic E-state index is 14.6. The SMILES string of the molecule is CCc1cncc(Cl)c1CCC1CC(C)(C)C[N+]1(C)C(=O)c1cnn(C2CCC(C)(C(=O)N=O)CC2)c1C(F)(F)F. The van der Waals surface area contributed by atoms with Crippen LogP contribution in [0.15, 0.2) is 23.8 Å². The maximum atomic E-state index is 14.6. The first kappa shape index (κ1) is 31.3. The average molecular weight is 597 g/mol. The lowest BCUT2D eigenvalue weighted by atomic mass is 9.73. The van der Waals surface area contributed by atoms with E-state index in [1.165, 1.54) is 0 Å². The van der Waals surface area contributed by atoms with Crippen molar-refractivity contribution in [2.45, 2.75) is 97.3 Å². The summed E-state index contributed by atoms with van der Waals surface area (Å²) >= 11 is 6.46. The number of aryl methyl sites for hydroxylation is 1. The Kier molecular flexibility index (Phi) is 8.55. The number of carbonyl (C=O) groups excluding carboxylic acids is 2. The number of hydrogen-bond acceptors (Lipinski definition) is 5. The lowest BCUT2D eigenvalue weighted by Crippen LogP contribution is -2.54. The molecule has 1 aliphatic carbocycles. The van der Waals surface area contributed by atoms with E-state index in [2.05, 4.69) is 15.3 Å². The van der Waals surface area contributed by atoms with E-state index in [1.807, 2.05) is 20.8 Å². The van der Waals surface area contributed by atoms with Gasteiger partial charge in [-0.3, -0.25) is 18.9 Å². The minimum Gasteiger partial charge on any atom is -0.268 e. The van der Waals surface area contributed by atoms with Crippen molar-refractivity contribution >= 4 is 23.4 Å². The number of amides is 2. The zero-order valence-corrected chi connectivity index (χ0v) is 25.0. The minimum absolute atomic E-state index is 0.159. The Hall–Kier alpha value is -2.66. The Bertz CT molecular complexity index is 1330. The summed E-state index contributed by atoms with van der Waals surface area (Å²) in [6.45, 7) is 8.09. The number of rotatable bonds is 7. The molecule has 1 aliphatic heterocycles. The number of quaternary nitrogens is 1.